The number of likely N-dealkylation sites (tertiary alicyclic amines) is 1. The molecule has 178 valence electrons. The second-order valence-electron chi connectivity index (χ2n) is 9.05. The first-order chi connectivity index (χ1) is 16.9. The molecule has 1 atom stereocenters. The highest BCUT2D eigenvalue weighted by Crippen LogP contribution is 2.43. The molecule has 6 rings (SSSR count). The van der Waals surface area contributed by atoms with Gasteiger partial charge in [-0.15, -0.1) is 0 Å². The first-order valence-corrected chi connectivity index (χ1v) is 11.5. The highest BCUT2D eigenvalue weighted by molar-refractivity contribution is 5.87. The van der Waals surface area contributed by atoms with Crippen molar-refractivity contribution in [3.63, 3.8) is 0 Å². The van der Waals surface area contributed by atoms with Crippen LogP contribution in [0.4, 0.5) is 11.6 Å². The molecule has 5 heterocycles. The summed E-state index contributed by atoms with van der Waals surface area (Å²) in [5.41, 5.74) is 2.60. The van der Waals surface area contributed by atoms with Gasteiger partial charge >= 0.3 is 0 Å². The van der Waals surface area contributed by atoms with Gasteiger partial charge in [0.05, 0.1) is 34.7 Å². The van der Waals surface area contributed by atoms with Crippen LogP contribution in [-0.4, -0.2) is 59.4 Å². The first kappa shape index (κ1) is 21.4. The van der Waals surface area contributed by atoms with Crippen molar-refractivity contribution in [2.45, 2.75) is 30.8 Å². The number of rotatable bonds is 6. The normalized spacial score (nSPS) is 20.0. The van der Waals surface area contributed by atoms with Crippen LogP contribution >= 0.6 is 0 Å². The standard InChI is InChI=1S/C24H24N8O3/c1-31-11-9-24(34,22(31)33)20-12-18(30-35-20)16-5-3-4-15(27-16)17-8-10-25-23(28-17)29-19-13-26-32(2)21(19)14-6-7-14/h3-5,8,10,12-14,34H,6-7,9,11H2,1-2H3,(H,25,28,29). The Morgan fingerprint density at radius 1 is 1.11 bits per heavy atom. The number of hydrogen-bond donors (Lipinski definition) is 2. The SMILES string of the molecule is CN1CCC(O)(c2cc(-c3cccc(-c4ccnc(Nc5cnn(C)c5C5CC5)n4)n3)no2)C1=O. The number of carbonyl (C=O) groups is 1. The number of nitrogens with zero attached hydrogens (tertiary/aromatic N) is 7. The van der Waals surface area contributed by atoms with Gasteiger partial charge in [0.25, 0.3) is 5.91 Å². The van der Waals surface area contributed by atoms with Crippen molar-refractivity contribution >= 4 is 17.5 Å². The summed E-state index contributed by atoms with van der Waals surface area (Å²) < 4.78 is 7.26. The summed E-state index contributed by atoms with van der Waals surface area (Å²) in [6.07, 6.45) is 6.06. The van der Waals surface area contributed by atoms with Gasteiger partial charge in [-0.2, -0.15) is 5.10 Å². The molecular formula is C24H24N8O3. The minimum absolute atomic E-state index is 0.116. The molecule has 1 amide bonds. The maximum atomic E-state index is 12.4. The molecule has 35 heavy (non-hydrogen) atoms. The Labute approximate surface area is 200 Å². The Balaban J connectivity index is 1.27. The lowest BCUT2D eigenvalue weighted by molar-refractivity contribution is -0.144. The van der Waals surface area contributed by atoms with Crippen LogP contribution in [0.3, 0.4) is 0 Å². The predicted octanol–water partition coefficient (Wildman–Crippen LogP) is 2.60. The van der Waals surface area contributed by atoms with Gasteiger partial charge in [0.15, 0.2) is 5.76 Å². The van der Waals surface area contributed by atoms with E-state index in [4.69, 9.17) is 4.52 Å². The minimum atomic E-state index is -1.70. The van der Waals surface area contributed by atoms with Crippen LogP contribution in [0, 0.1) is 0 Å². The molecule has 4 aromatic heterocycles. The fourth-order valence-electron chi connectivity index (χ4n) is 4.46. The fourth-order valence-corrected chi connectivity index (χ4v) is 4.46. The van der Waals surface area contributed by atoms with E-state index in [2.05, 4.69) is 30.5 Å². The van der Waals surface area contributed by atoms with Crippen molar-refractivity contribution < 1.29 is 14.4 Å². The van der Waals surface area contributed by atoms with E-state index in [0.717, 1.165) is 24.2 Å². The van der Waals surface area contributed by atoms with Gasteiger partial charge in [0.2, 0.25) is 11.5 Å². The van der Waals surface area contributed by atoms with E-state index in [1.807, 2.05) is 23.9 Å². The molecule has 0 bridgehead atoms. The van der Waals surface area contributed by atoms with E-state index in [1.54, 1.807) is 37.6 Å². The summed E-state index contributed by atoms with van der Waals surface area (Å²) in [5.74, 6) is 0.697. The number of amides is 1. The Hall–Kier alpha value is -4.12. The fraction of sp³-hybridized carbons (Fsp3) is 0.333. The lowest BCUT2D eigenvalue weighted by Crippen LogP contribution is -2.35. The van der Waals surface area contributed by atoms with Crippen molar-refractivity contribution in [1.29, 1.82) is 0 Å². The molecule has 2 N–H and O–H groups in total. The molecule has 1 aliphatic heterocycles. The van der Waals surface area contributed by atoms with Crippen LogP contribution < -0.4 is 5.32 Å². The van der Waals surface area contributed by atoms with Crippen molar-refractivity contribution in [3.8, 4) is 22.8 Å². The van der Waals surface area contributed by atoms with E-state index < -0.39 is 11.5 Å². The zero-order valence-corrected chi connectivity index (χ0v) is 19.3. The van der Waals surface area contributed by atoms with Gasteiger partial charge in [-0.05, 0) is 31.0 Å². The summed E-state index contributed by atoms with van der Waals surface area (Å²) >= 11 is 0. The van der Waals surface area contributed by atoms with Gasteiger partial charge in [-0.3, -0.25) is 9.48 Å². The lowest BCUT2D eigenvalue weighted by Gasteiger charge is -2.16. The van der Waals surface area contributed by atoms with Crippen LogP contribution in [0.1, 0.15) is 36.6 Å². The van der Waals surface area contributed by atoms with Gasteiger partial charge in [0, 0.05) is 45.2 Å². The third-order valence-electron chi connectivity index (χ3n) is 6.55. The molecule has 1 saturated carbocycles. The zero-order chi connectivity index (χ0) is 24.2. The average Bonchev–Trinajstić information content (AvgIpc) is 3.35. The van der Waals surface area contributed by atoms with Crippen molar-refractivity contribution in [2.24, 2.45) is 7.05 Å². The number of pyridine rings is 1. The number of anilines is 2. The number of hydrogen-bond acceptors (Lipinski definition) is 9. The predicted molar refractivity (Wildman–Crippen MR) is 125 cm³/mol. The Bertz CT molecular complexity index is 1430. The van der Waals surface area contributed by atoms with E-state index >= 15 is 0 Å². The monoisotopic (exact) mass is 472 g/mol. The van der Waals surface area contributed by atoms with Crippen molar-refractivity contribution in [2.75, 3.05) is 18.9 Å². The second-order valence-corrected chi connectivity index (χ2v) is 9.05. The summed E-state index contributed by atoms with van der Waals surface area (Å²) in [6, 6.07) is 8.83. The molecule has 0 spiro atoms. The van der Waals surface area contributed by atoms with Crippen LogP contribution in [-0.2, 0) is 17.4 Å². The quantitative estimate of drug-likeness (QED) is 0.434. The molecule has 2 fully saturated rings. The second kappa shape index (κ2) is 7.98. The molecule has 0 aromatic carbocycles. The summed E-state index contributed by atoms with van der Waals surface area (Å²) in [7, 11) is 3.59. The molecule has 11 nitrogen and oxygen atoms in total. The van der Waals surface area contributed by atoms with E-state index in [0.29, 0.717) is 41.2 Å². The minimum Gasteiger partial charge on any atom is -0.373 e. The van der Waals surface area contributed by atoms with E-state index in [9.17, 15) is 9.90 Å². The Kier molecular flexibility index (Phi) is 4.88. The van der Waals surface area contributed by atoms with Crippen LogP contribution in [0.25, 0.3) is 22.8 Å². The maximum absolute atomic E-state index is 12.4. The number of carbonyl (C=O) groups excluding carboxylic acids is 1. The third kappa shape index (κ3) is 3.73. The zero-order valence-electron chi connectivity index (χ0n) is 19.3. The molecule has 1 aliphatic carbocycles. The largest absolute Gasteiger partial charge is 0.373 e. The topological polar surface area (TPSA) is 135 Å². The van der Waals surface area contributed by atoms with Crippen LogP contribution in [0.15, 0.2) is 47.2 Å². The Morgan fingerprint density at radius 2 is 1.89 bits per heavy atom. The summed E-state index contributed by atoms with van der Waals surface area (Å²) in [5, 5.41) is 22.6. The molecule has 4 aromatic rings. The number of likely N-dealkylation sites (N-methyl/N-ethyl adjacent to an activating group) is 1. The third-order valence-corrected chi connectivity index (χ3v) is 6.55. The molecule has 0 radical (unpaired) electrons. The van der Waals surface area contributed by atoms with E-state index in [-0.39, 0.29) is 12.2 Å². The summed E-state index contributed by atoms with van der Waals surface area (Å²) in [6.45, 7) is 0.449. The van der Waals surface area contributed by atoms with Gasteiger partial charge in [-0.1, -0.05) is 11.2 Å². The smallest absolute Gasteiger partial charge is 0.262 e. The van der Waals surface area contributed by atoms with Gasteiger partial charge in [0.1, 0.15) is 5.69 Å². The number of aryl methyl sites for hydroxylation is 1. The number of nitrogens with one attached hydrogen (secondary N) is 1. The number of aromatic nitrogens is 6. The van der Waals surface area contributed by atoms with Gasteiger partial charge in [-0.25, -0.2) is 15.0 Å². The molecule has 1 unspecified atom stereocenters. The maximum Gasteiger partial charge on any atom is 0.262 e. The molecule has 2 aliphatic rings. The number of aliphatic hydroxyl groups is 1. The molecule has 11 heteroatoms. The van der Waals surface area contributed by atoms with E-state index in [1.165, 1.54) is 4.90 Å². The molecule has 1 saturated heterocycles. The van der Waals surface area contributed by atoms with Crippen molar-refractivity contribution in [1.82, 2.24) is 34.8 Å². The first-order valence-electron chi connectivity index (χ1n) is 11.5. The lowest BCUT2D eigenvalue weighted by atomic mass is 9.98. The highest BCUT2D eigenvalue weighted by Gasteiger charge is 2.48. The molecular weight excluding hydrogens is 448 g/mol. The van der Waals surface area contributed by atoms with Crippen molar-refractivity contribution in [3.05, 3.63) is 54.2 Å². The van der Waals surface area contributed by atoms with Crippen LogP contribution in [0.2, 0.25) is 0 Å². The average molecular weight is 473 g/mol. The summed E-state index contributed by atoms with van der Waals surface area (Å²) in [4.78, 5) is 27.5. The van der Waals surface area contributed by atoms with Gasteiger partial charge < -0.3 is 19.8 Å². The highest BCUT2D eigenvalue weighted by atomic mass is 16.5. The van der Waals surface area contributed by atoms with Crippen LogP contribution in [0.5, 0.6) is 0 Å². The Morgan fingerprint density at radius 3 is 2.63 bits per heavy atom.